The Morgan fingerprint density at radius 2 is 0.781 bits per heavy atom. The van der Waals surface area contributed by atoms with E-state index in [9.17, 15) is 62.3 Å². The largest absolute Gasteiger partial charge is 0.396 e. The number of nitrogens with two attached hydrogens (primary N) is 3. The highest BCUT2D eigenvalue weighted by atomic mass is 32.1. The average molecular weight is 1540 g/mol. The highest BCUT2D eigenvalue weighted by Crippen LogP contribution is 2.11. The van der Waals surface area contributed by atoms with E-state index in [4.69, 9.17) is 57.3 Å². The molecule has 604 valence electrons. The maximum absolute atomic E-state index is 12.5. The van der Waals surface area contributed by atoms with Gasteiger partial charge in [0.2, 0.25) is 54.1 Å². The Balaban J connectivity index is -0.00000135. The molecule has 2 aliphatic rings. The fraction of sp³-hybridized carbons (Fsp3) is 0.734. The second kappa shape index (κ2) is 73.5. The van der Waals surface area contributed by atoms with Crippen LogP contribution in [0.1, 0.15) is 148 Å². The Hall–Kier alpha value is -7.36. The molecule has 0 aromatic carbocycles. The predicted octanol–water partition coefficient (Wildman–Crippen LogP) is -5.29. The van der Waals surface area contributed by atoms with Gasteiger partial charge >= 0.3 is 5.97 Å². The summed E-state index contributed by atoms with van der Waals surface area (Å²) in [7, 11) is 0. The molecule has 0 radical (unpaired) electrons. The SMILES string of the molecule is NCCN.NCCNC(=O)C(CCCCNC(=O)CCO)NC(=O)CCO.O=C(CCO)NCCCCC(NC(=O)CCO)C(=O)NCCNCOCCCCCCN1C(=O)C=CC1=O.O=C(CCO)NCCCCC(NC(=O)CCO)C(=O)ONS.O=C1C=CC(=O)N1CCCCCCOCON=S. The maximum Gasteiger partial charge on any atom is 0.348 e. The Kier molecular flexibility index (Phi) is 71.3. The minimum atomic E-state index is -0.855. The summed E-state index contributed by atoms with van der Waals surface area (Å²) >= 11 is 7.76. The third kappa shape index (κ3) is 61.5. The molecule has 0 spiro atoms. The number of aliphatic hydroxyl groups is 6. The Morgan fingerprint density at radius 3 is 1.14 bits per heavy atom. The van der Waals surface area contributed by atoms with Gasteiger partial charge in [0.25, 0.3) is 23.6 Å². The molecule has 3 atom stereocenters. The predicted molar refractivity (Wildman–Crippen MR) is 387 cm³/mol. The molecule has 0 saturated heterocycles. The van der Waals surface area contributed by atoms with Crippen LogP contribution in [-0.4, -0.2) is 274 Å². The van der Waals surface area contributed by atoms with Crippen molar-refractivity contribution in [2.24, 2.45) is 21.7 Å². The fourth-order valence-corrected chi connectivity index (χ4v) is 8.82. The van der Waals surface area contributed by atoms with Crippen molar-refractivity contribution in [3.05, 3.63) is 24.3 Å². The molecule has 0 aromatic heterocycles. The molecule has 0 fully saturated rings. The minimum Gasteiger partial charge on any atom is -0.396 e. The van der Waals surface area contributed by atoms with Crippen LogP contribution in [0.2, 0.25) is 0 Å². The van der Waals surface area contributed by atoms with E-state index >= 15 is 0 Å². The van der Waals surface area contributed by atoms with Crippen LogP contribution in [0.3, 0.4) is 0 Å². The molecular weight excluding hydrogens is 1420 g/mol. The van der Waals surface area contributed by atoms with E-state index in [0.717, 1.165) is 51.4 Å². The number of nitrogens with one attached hydrogen (secondary N) is 10. The van der Waals surface area contributed by atoms with Crippen molar-refractivity contribution in [3.63, 3.8) is 0 Å². The number of nitrogens with zero attached hydrogens (tertiary/aromatic N) is 3. The summed E-state index contributed by atoms with van der Waals surface area (Å²) in [6, 6.07) is -2.28. The summed E-state index contributed by atoms with van der Waals surface area (Å²) in [5, 5.41) is 76.3. The number of aliphatic hydroxyl groups excluding tert-OH is 6. The number of carbonyl (C=O) groups is 13. The number of hydrogen-bond acceptors (Lipinski definition) is 31. The number of imide groups is 2. The molecule has 12 amide bonds. The molecule has 22 N–H and O–H groups in total. The smallest absolute Gasteiger partial charge is 0.348 e. The normalized spacial score (nSPS) is 12.6. The van der Waals surface area contributed by atoms with E-state index in [1.54, 1.807) is 0 Å². The third-order valence-corrected chi connectivity index (χ3v) is 14.3. The van der Waals surface area contributed by atoms with Crippen LogP contribution < -0.4 is 69.9 Å². The molecule has 39 nitrogen and oxygen atoms in total. The second-order valence-electron chi connectivity index (χ2n) is 22.6. The number of hydrogen-bond donors (Lipinski definition) is 20. The highest BCUT2D eigenvalue weighted by molar-refractivity contribution is 7.77. The monoisotopic (exact) mass is 1540 g/mol. The third-order valence-electron chi connectivity index (χ3n) is 14.1. The van der Waals surface area contributed by atoms with Gasteiger partial charge in [-0.15, -0.1) is 0 Å². The lowest BCUT2D eigenvalue weighted by Gasteiger charge is -2.18. The maximum atomic E-state index is 12.5. The second-order valence-corrected chi connectivity index (χ2v) is 23.0. The first-order valence-corrected chi connectivity index (χ1v) is 35.9. The van der Waals surface area contributed by atoms with Gasteiger partial charge in [-0.05, 0) is 88.0 Å². The van der Waals surface area contributed by atoms with Gasteiger partial charge in [0, 0.05) is 141 Å². The number of thiol groups is 1. The topological polar surface area (TPSA) is 597 Å². The van der Waals surface area contributed by atoms with Crippen molar-refractivity contribution in [2.75, 3.05) is 138 Å². The van der Waals surface area contributed by atoms with Gasteiger partial charge < -0.3 is 110 Å². The molecule has 2 heterocycles. The summed E-state index contributed by atoms with van der Waals surface area (Å²) in [4.78, 5) is 163. The van der Waals surface area contributed by atoms with Crippen molar-refractivity contribution >= 4 is 102 Å². The van der Waals surface area contributed by atoms with Crippen molar-refractivity contribution in [1.82, 2.24) is 62.5 Å². The first-order chi connectivity index (χ1) is 50.6. The number of unbranched alkanes of at least 4 members (excludes halogenated alkanes) is 9. The summed E-state index contributed by atoms with van der Waals surface area (Å²) in [5.74, 6) is -4.22. The van der Waals surface area contributed by atoms with E-state index < -0.39 is 41.8 Å². The summed E-state index contributed by atoms with van der Waals surface area (Å²) < 4.78 is 13.6. The van der Waals surface area contributed by atoms with Gasteiger partial charge in [0.05, 0.1) is 65.4 Å². The van der Waals surface area contributed by atoms with Crippen molar-refractivity contribution < 1.29 is 112 Å². The molecule has 0 saturated carbocycles. The van der Waals surface area contributed by atoms with Gasteiger partial charge in [0.1, 0.15) is 18.1 Å². The van der Waals surface area contributed by atoms with Crippen LogP contribution in [0.5, 0.6) is 0 Å². The van der Waals surface area contributed by atoms with Crippen molar-refractivity contribution in [1.29, 1.82) is 0 Å². The summed E-state index contributed by atoms with van der Waals surface area (Å²) in [5.41, 5.74) is 15.1. The van der Waals surface area contributed by atoms with E-state index in [2.05, 4.69) is 87.3 Å². The lowest BCUT2D eigenvalue weighted by Crippen LogP contribution is -2.48. The molecule has 0 aliphatic carbocycles. The first kappa shape index (κ1) is 102. The Bertz CT molecular complexity index is 2460. The minimum absolute atomic E-state index is 0.0483. The fourth-order valence-electron chi connectivity index (χ4n) is 8.69. The van der Waals surface area contributed by atoms with E-state index in [1.807, 2.05) is 4.89 Å². The Morgan fingerprint density at radius 1 is 0.429 bits per heavy atom. The van der Waals surface area contributed by atoms with Gasteiger partial charge in [-0.1, -0.05) is 43.4 Å². The zero-order valence-electron chi connectivity index (χ0n) is 60.2. The molecule has 0 bridgehead atoms. The number of amides is 12. The van der Waals surface area contributed by atoms with Crippen LogP contribution in [0.4, 0.5) is 0 Å². The lowest BCUT2D eigenvalue weighted by molar-refractivity contribution is -0.151. The molecule has 3 unspecified atom stereocenters. The quantitative estimate of drug-likeness (QED) is 0.00889. The standard InChI is InChI=1S/C25H43N5O8.C14H28N4O5.C12H23N3O6S.C11H16N2O4S.C2H8N2/c31-16-10-21(33)27-12-4-3-7-20(29-22(34)11-17-32)25(37)28-14-13-26-19-38-18-6-2-1-5-15-30-23(35)8-9-24(30)36;15-6-8-17-14(23)11(18-13(22)5-10-20)3-1-2-7-16-12(21)4-9-19;16-7-4-10(18)13-6-2-1-3-9(12(20)21-15-22)14-11(19)5-8-17;14-10-5-6-11(15)13(10)7-3-1-2-4-8-16-9-17-12-18;3-1-2-4/h8-9,20,26,31-32H,1-7,10-19H2,(H,27,33)(H,28,37)(H,29,34);11,19-20H,1-10,15H2,(H,16,21)(H,17,23)(H,18,22);9,15-17,22H,1-8H2,(H,13,18)(H,14,19);5-6H,1-4,7-9H2;1-4H2. The van der Waals surface area contributed by atoms with Crippen LogP contribution in [-0.2, 0) is 93.9 Å². The van der Waals surface area contributed by atoms with Gasteiger partial charge in [0.15, 0.2) is 0 Å². The van der Waals surface area contributed by atoms with Crippen LogP contribution >= 0.6 is 12.8 Å². The number of rotatable bonds is 59. The van der Waals surface area contributed by atoms with Crippen molar-refractivity contribution in [3.8, 4) is 0 Å². The molecule has 2 aliphatic heterocycles. The number of carbonyl (C=O) groups excluding carboxylic acids is 13. The lowest BCUT2D eigenvalue weighted by atomic mass is 10.1. The van der Waals surface area contributed by atoms with E-state index in [-0.39, 0.29) is 138 Å². The van der Waals surface area contributed by atoms with Crippen LogP contribution in [0.25, 0.3) is 0 Å². The van der Waals surface area contributed by atoms with Crippen LogP contribution in [0, 0.1) is 0 Å². The zero-order chi connectivity index (χ0) is 78.9. The first-order valence-electron chi connectivity index (χ1n) is 35.1. The molecule has 41 heteroatoms. The van der Waals surface area contributed by atoms with Gasteiger partial charge in [-0.3, -0.25) is 72.7 Å². The zero-order valence-corrected chi connectivity index (χ0v) is 61.9. The average Bonchev–Trinajstić information content (AvgIpc) is 1.76. The molecular formula is C64H118N16O23S2. The Labute approximate surface area is 624 Å². The number of ether oxygens (including phenoxy) is 2. The van der Waals surface area contributed by atoms with E-state index in [0.29, 0.717) is 150 Å². The molecule has 0 aromatic rings. The van der Waals surface area contributed by atoms with E-state index in [1.165, 1.54) is 34.1 Å². The molecule has 2 rings (SSSR count). The highest BCUT2D eigenvalue weighted by Gasteiger charge is 2.26. The summed E-state index contributed by atoms with van der Waals surface area (Å²) in [6.07, 6.45) is 17.0. The molecule has 105 heavy (non-hydrogen) atoms. The van der Waals surface area contributed by atoms with Crippen LogP contribution in [0.15, 0.2) is 28.8 Å². The van der Waals surface area contributed by atoms with Gasteiger partial charge in [-0.25, -0.2) is 4.79 Å². The van der Waals surface area contributed by atoms with Crippen molar-refractivity contribution in [2.45, 2.75) is 166 Å². The summed E-state index contributed by atoms with van der Waals surface area (Å²) in [6.45, 7) is 4.93. The van der Waals surface area contributed by atoms with Gasteiger partial charge in [-0.2, -0.15) is 0 Å².